The monoisotopic (exact) mass is 540 g/mol. The molecule has 1 aliphatic heterocycles. The molecule has 8 heteroatoms. The fraction of sp³-hybridized carbons (Fsp3) is 0.609. The lowest BCUT2D eigenvalue weighted by molar-refractivity contribution is -0.0835. The number of aryl methyl sites for hydroxylation is 2. The molecule has 0 aromatic carbocycles. The number of pyridine rings is 1. The summed E-state index contributed by atoms with van der Waals surface area (Å²) >= 11 is 0. The minimum Gasteiger partial charge on any atom is -0.377 e. The Morgan fingerprint density at radius 2 is 2.03 bits per heavy atom. The van der Waals surface area contributed by atoms with Gasteiger partial charge in [-0.2, -0.15) is 5.10 Å². The predicted molar refractivity (Wildman–Crippen MR) is 136 cm³/mol. The SMILES string of the molecule is CN=C(NCc1ccc(-n2nc(C)cc2C)nc1)NCC1CCCOC1C(C)(C)C.I. The molecule has 0 radical (unpaired) electrons. The number of hydrogen-bond acceptors (Lipinski definition) is 4. The minimum absolute atomic E-state index is 0. The smallest absolute Gasteiger partial charge is 0.191 e. The number of nitrogens with zero attached hydrogens (tertiary/aromatic N) is 4. The maximum Gasteiger partial charge on any atom is 0.191 e. The van der Waals surface area contributed by atoms with Gasteiger partial charge in [-0.1, -0.05) is 26.8 Å². The number of aliphatic imine (C=N–C) groups is 1. The molecule has 31 heavy (non-hydrogen) atoms. The quantitative estimate of drug-likeness (QED) is 0.341. The van der Waals surface area contributed by atoms with Crippen LogP contribution in [0.15, 0.2) is 29.4 Å². The second kappa shape index (κ2) is 11.3. The summed E-state index contributed by atoms with van der Waals surface area (Å²) in [5.74, 6) is 2.12. The summed E-state index contributed by atoms with van der Waals surface area (Å²) in [7, 11) is 1.80. The normalized spacial score (nSPS) is 19.6. The van der Waals surface area contributed by atoms with Crippen LogP contribution >= 0.6 is 24.0 Å². The summed E-state index contributed by atoms with van der Waals surface area (Å²) in [5.41, 5.74) is 3.31. The van der Waals surface area contributed by atoms with E-state index in [0.29, 0.717) is 12.5 Å². The van der Waals surface area contributed by atoms with Gasteiger partial charge in [-0.05, 0) is 49.8 Å². The molecule has 1 fully saturated rings. The first kappa shape index (κ1) is 25.6. The molecule has 2 aromatic rings. The molecule has 3 rings (SSSR count). The van der Waals surface area contributed by atoms with Crippen LogP contribution < -0.4 is 10.6 Å². The summed E-state index contributed by atoms with van der Waals surface area (Å²) in [6, 6.07) is 6.12. The molecule has 2 unspecified atom stereocenters. The van der Waals surface area contributed by atoms with Crippen molar-refractivity contribution in [1.82, 2.24) is 25.4 Å². The van der Waals surface area contributed by atoms with Crippen molar-refractivity contribution in [2.24, 2.45) is 16.3 Å². The number of nitrogens with one attached hydrogen (secondary N) is 2. The second-order valence-corrected chi connectivity index (χ2v) is 9.23. The molecule has 2 atom stereocenters. The highest BCUT2D eigenvalue weighted by molar-refractivity contribution is 14.0. The van der Waals surface area contributed by atoms with Crippen molar-refractivity contribution in [3.63, 3.8) is 0 Å². The van der Waals surface area contributed by atoms with E-state index < -0.39 is 0 Å². The number of aromatic nitrogens is 3. The zero-order chi connectivity index (χ0) is 21.7. The molecule has 0 aliphatic carbocycles. The fourth-order valence-electron chi connectivity index (χ4n) is 4.15. The fourth-order valence-corrected chi connectivity index (χ4v) is 4.15. The molecule has 1 aliphatic rings. The number of hydrogen-bond donors (Lipinski definition) is 2. The predicted octanol–water partition coefficient (Wildman–Crippen LogP) is 4.01. The lowest BCUT2D eigenvalue weighted by atomic mass is 9.78. The molecular formula is C23H37IN6O. The van der Waals surface area contributed by atoms with E-state index in [0.717, 1.165) is 48.3 Å². The first-order chi connectivity index (χ1) is 14.3. The average Bonchev–Trinajstić information content (AvgIpc) is 3.06. The van der Waals surface area contributed by atoms with E-state index in [4.69, 9.17) is 4.74 Å². The van der Waals surface area contributed by atoms with E-state index in [1.807, 2.05) is 36.9 Å². The van der Waals surface area contributed by atoms with E-state index in [-0.39, 0.29) is 35.5 Å². The molecule has 0 saturated carbocycles. The Kier molecular flexibility index (Phi) is 9.29. The molecule has 0 bridgehead atoms. The van der Waals surface area contributed by atoms with Crippen LogP contribution in [0.25, 0.3) is 5.82 Å². The van der Waals surface area contributed by atoms with Gasteiger partial charge in [0.15, 0.2) is 11.8 Å². The highest BCUT2D eigenvalue weighted by atomic mass is 127. The van der Waals surface area contributed by atoms with Gasteiger partial charge in [0.05, 0.1) is 11.8 Å². The third-order valence-electron chi connectivity index (χ3n) is 5.55. The van der Waals surface area contributed by atoms with Gasteiger partial charge in [0.2, 0.25) is 0 Å². The third-order valence-corrected chi connectivity index (χ3v) is 5.55. The molecule has 1 saturated heterocycles. The molecular weight excluding hydrogens is 503 g/mol. The summed E-state index contributed by atoms with van der Waals surface area (Å²) < 4.78 is 7.96. The minimum atomic E-state index is 0. The van der Waals surface area contributed by atoms with Gasteiger partial charge in [-0.3, -0.25) is 4.99 Å². The number of guanidine groups is 1. The van der Waals surface area contributed by atoms with Gasteiger partial charge >= 0.3 is 0 Å². The molecule has 2 N–H and O–H groups in total. The summed E-state index contributed by atoms with van der Waals surface area (Å²) in [6.45, 7) is 13.2. The molecule has 0 amide bonds. The lowest BCUT2D eigenvalue weighted by Gasteiger charge is -2.40. The summed E-state index contributed by atoms with van der Waals surface area (Å²) in [4.78, 5) is 8.94. The maximum absolute atomic E-state index is 6.09. The van der Waals surface area contributed by atoms with Crippen molar-refractivity contribution in [2.45, 2.75) is 60.1 Å². The standard InChI is InChI=1S/C23H36N6O.HI/c1-16-12-17(2)29(28-16)20-10-9-18(13-25-20)14-26-22(24-6)27-15-19-8-7-11-30-21(19)23(3,4)5;/h9-10,12-13,19,21H,7-8,11,14-15H2,1-6H3,(H2,24,26,27);1H. The van der Waals surface area contributed by atoms with Crippen molar-refractivity contribution in [3.8, 4) is 5.82 Å². The largest absolute Gasteiger partial charge is 0.377 e. The van der Waals surface area contributed by atoms with Gasteiger partial charge in [-0.15, -0.1) is 24.0 Å². The molecule has 7 nitrogen and oxygen atoms in total. The Labute approximate surface area is 203 Å². The topological polar surface area (TPSA) is 76.4 Å². The first-order valence-electron chi connectivity index (χ1n) is 10.8. The Morgan fingerprint density at radius 1 is 1.26 bits per heavy atom. The lowest BCUT2D eigenvalue weighted by Crippen LogP contribution is -2.47. The summed E-state index contributed by atoms with van der Waals surface area (Å²) in [5, 5.41) is 11.4. The number of rotatable bonds is 5. The molecule has 2 aromatic heterocycles. The van der Waals surface area contributed by atoms with Gasteiger partial charge in [-0.25, -0.2) is 9.67 Å². The highest BCUT2D eigenvalue weighted by Crippen LogP contribution is 2.33. The molecule has 172 valence electrons. The second-order valence-electron chi connectivity index (χ2n) is 9.23. The van der Waals surface area contributed by atoms with E-state index >= 15 is 0 Å². The Hall–Kier alpha value is -1.68. The van der Waals surface area contributed by atoms with E-state index in [1.54, 1.807) is 7.05 Å². The molecule has 0 spiro atoms. The van der Waals surface area contributed by atoms with Gasteiger partial charge < -0.3 is 15.4 Å². The van der Waals surface area contributed by atoms with E-state index in [2.05, 4.69) is 52.5 Å². The van der Waals surface area contributed by atoms with Crippen LogP contribution in [0, 0.1) is 25.2 Å². The van der Waals surface area contributed by atoms with Crippen molar-refractivity contribution in [3.05, 3.63) is 41.3 Å². The van der Waals surface area contributed by atoms with Crippen LogP contribution in [0.1, 0.15) is 50.6 Å². The number of halogens is 1. The summed E-state index contributed by atoms with van der Waals surface area (Å²) in [6.07, 6.45) is 4.46. The van der Waals surface area contributed by atoms with E-state index in [1.165, 1.54) is 6.42 Å². The van der Waals surface area contributed by atoms with Crippen LogP contribution in [0.3, 0.4) is 0 Å². The van der Waals surface area contributed by atoms with Crippen LogP contribution in [0.5, 0.6) is 0 Å². The van der Waals surface area contributed by atoms with E-state index in [9.17, 15) is 0 Å². The van der Waals surface area contributed by atoms with Crippen molar-refractivity contribution < 1.29 is 4.74 Å². The zero-order valence-electron chi connectivity index (χ0n) is 19.6. The Morgan fingerprint density at radius 3 is 2.61 bits per heavy atom. The average molecular weight is 540 g/mol. The van der Waals surface area contributed by atoms with Gasteiger partial charge in [0.25, 0.3) is 0 Å². The van der Waals surface area contributed by atoms with Crippen LogP contribution in [0.4, 0.5) is 0 Å². The van der Waals surface area contributed by atoms with Crippen molar-refractivity contribution in [1.29, 1.82) is 0 Å². The van der Waals surface area contributed by atoms with Crippen LogP contribution in [-0.4, -0.2) is 47.0 Å². The van der Waals surface area contributed by atoms with Crippen LogP contribution in [0.2, 0.25) is 0 Å². The maximum atomic E-state index is 6.09. The first-order valence-corrected chi connectivity index (χ1v) is 10.8. The Balaban J connectivity index is 0.00000341. The number of ether oxygens (including phenoxy) is 1. The molecule has 3 heterocycles. The van der Waals surface area contributed by atoms with Crippen LogP contribution in [-0.2, 0) is 11.3 Å². The van der Waals surface area contributed by atoms with Gasteiger partial charge in [0.1, 0.15) is 0 Å². The van der Waals surface area contributed by atoms with Crippen molar-refractivity contribution in [2.75, 3.05) is 20.2 Å². The van der Waals surface area contributed by atoms with Gasteiger partial charge in [0, 0.05) is 44.6 Å². The highest BCUT2D eigenvalue weighted by Gasteiger charge is 2.35. The van der Waals surface area contributed by atoms with Crippen molar-refractivity contribution >= 4 is 29.9 Å². The zero-order valence-corrected chi connectivity index (χ0v) is 21.9. The third kappa shape index (κ3) is 6.90. The Bertz CT molecular complexity index is 856.